The first kappa shape index (κ1) is 14.5. The number of carbonyl (C=O) groups is 1. The number of carbonyl (C=O) groups excluding carboxylic acids is 1. The predicted octanol–water partition coefficient (Wildman–Crippen LogP) is 0.338. The minimum Gasteiger partial charge on any atom is -0.304 e. The smallest absolute Gasteiger partial charge is 0.245 e. The van der Waals surface area contributed by atoms with Gasteiger partial charge in [-0.15, -0.1) is 12.4 Å². The van der Waals surface area contributed by atoms with E-state index in [-0.39, 0.29) is 36.2 Å². The molecule has 0 aromatic heterocycles. The molecule has 0 aromatic rings. The molecule has 98 valence electrons. The number of nitrogens with one attached hydrogen (secondary N) is 1. The van der Waals surface area contributed by atoms with E-state index in [1.807, 2.05) is 13.8 Å². The highest BCUT2D eigenvalue weighted by Gasteiger charge is 2.50. The maximum Gasteiger partial charge on any atom is 0.245 e. The Kier molecular flexibility index (Phi) is 3.91. The largest absolute Gasteiger partial charge is 0.304 e. The van der Waals surface area contributed by atoms with Gasteiger partial charge in [0.1, 0.15) is 0 Å². The lowest BCUT2D eigenvalue weighted by atomic mass is 9.90. The van der Waals surface area contributed by atoms with E-state index < -0.39 is 10.0 Å². The first-order chi connectivity index (χ1) is 7.34. The zero-order valence-electron chi connectivity index (χ0n) is 10.0. The normalized spacial score (nSPS) is 28.1. The van der Waals surface area contributed by atoms with Crippen LogP contribution >= 0.6 is 12.4 Å². The van der Waals surface area contributed by atoms with Gasteiger partial charge < -0.3 is 5.32 Å². The van der Waals surface area contributed by atoms with E-state index in [2.05, 4.69) is 5.32 Å². The van der Waals surface area contributed by atoms with Crippen molar-refractivity contribution < 1.29 is 13.2 Å². The standard InChI is InChI=1S/C10H16N2O3S.ClH/c1-6(2)8-9-7(4-5-11-9)12(10(8)13)16(3,14)15;/h4,6,8-9,11H,5H2,1-3H3;1H. The van der Waals surface area contributed by atoms with E-state index in [0.717, 1.165) is 10.6 Å². The van der Waals surface area contributed by atoms with Crippen molar-refractivity contribution in [2.45, 2.75) is 19.9 Å². The summed E-state index contributed by atoms with van der Waals surface area (Å²) in [6.45, 7) is 4.50. The molecule has 1 saturated heterocycles. The second-order valence-corrected chi connectivity index (χ2v) is 6.48. The molecule has 1 amide bonds. The Bertz CT molecular complexity index is 458. The zero-order chi connectivity index (χ0) is 12.1. The molecule has 5 nitrogen and oxygen atoms in total. The van der Waals surface area contributed by atoms with Crippen LogP contribution in [0.5, 0.6) is 0 Å². The third kappa shape index (κ3) is 2.21. The summed E-state index contributed by atoms with van der Waals surface area (Å²) in [7, 11) is -3.50. The number of halogens is 1. The first-order valence-corrected chi connectivity index (χ1v) is 7.16. The summed E-state index contributed by atoms with van der Waals surface area (Å²) in [4.78, 5) is 12.1. The van der Waals surface area contributed by atoms with Crippen molar-refractivity contribution >= 4 is 28.3 Å². The second kappa shape index (κ2) is 4.59. The summed E-state index contributed by atoms with van der Waals surface area (Å²) in [5.41, 5.74) is 0.603. The molecule has 2 aliphatic rings. The minimum absolute atomic E-state index is 0. The third-order valence-electron chi connectivity index (χ3n) is 3.10. The maximum atomic E-state index is 12.1. The Morgan fingerprint density at radius 2 is 2.06 bits per heavy atom. The number of sulfonamides is 1. The fourth-order valence-electron chi connectivity index (χ4n) is 2.47. The van der Waals surface area contributed by atoms with E-state index in [1.54, 1.807) is 6.08 Å². The van der Waals surface area contributed by atoms with Gasteiger partial charge in [-0.2, -0.15) is 0 Å². The quantitative estimate of drug-likeness (QED) is 0.792. The number of fused-ring (bicyclic) bond motifs is 1. The fourth-order valence-corrected chi connectivity index (χ4v) is 3.49. The number of hydrogen-bond acceptors (Lipinski definition) is 4. The molecule has 0 spiro atoms. The molecule has 0 aromatic carbocycles. The molecule has 2 heterocycles. The molecule has 2 unspecified atom stereocenters. The van der Waals surface area contributed by atoms with Crippen LogP contribution in [-0.2, 0) is 14.8 Å². The summed E-state index contributed by atoms with van der Waals surface area (Å²) < 4.78 is 24.1. The molecule has 0 aliphatic carbocycles. The number of amides is 1. The number of rotatable bonds is 2. The van der Waals surface area contributed by atoms with Crippen molar-refractivity contribution in [1.29, 1.82) is 0 Å². The van der Waals surface area contributed by atoms with Crippen LogP contribution < -0.4 is 5.32 Å². The Morgan fingerprint density at radius 1 is 1.47 bits per heavy atom. The molecule has 7 heteroatoms. The Hall–Kier alpha value is -0.590. The lowest BCUT2D eigenvalue weighted by molar-refractivity contribution is -0.127. The van der Waals surface area contributed by atoms with Gasteiger partial charge in [0.15, 0.2) is 0 Å². The zero-order valence-corrected chi connectivity index (χ0v) is 11.6. The van der Waals surface area contributed by atoms with Crippen molar-refractivity contribution in [3.8, 4) is 0 Å². The number of hydrogen-bond donors (Lipinski definition) is 1. The van der Waals surface area contributed by atoms with Crippen molar-refractivity contribution in [2.75, 3.05) is 12.8 Å². The molecule has 2 atom stereocenters. The summed E-state index contributed by atoms with van der Waals surface area (Å²) in [6.07, 6.45) is 2.86. The van der Waals surface area contributed by atoms with E-state index in [0.29, 0.717) is 12.2 Å². The summed E-state index contributed by atoms with van der Waals surface area (Å²) >= 11 is 0. The second-order valence-electron chi connectivity index (χ2n) is 4.65. The summed E-state index contributed by atoms with van der Waals surface area (Å²) in [6, 6.07) is -0.137. The van der Waals surface area contributed by atoms with E-state index in [4.69, 9.17) is 0 Å². The molecule has 0 bridgehead atoms. The molecule has 17 heavy (non-hydrogen) atoms. The molecule has 0 saturated carbocycles. The van der Waals surface area contributed by atoms with Gasteiger partial charge in [-0.25, -0.2) is 12.7 Å². The third-order valence-corrected chi connectivity index (χ3v) is 4.15. The van der Waals surface area contributed by atoms with Crippen LogP contribution in [-0.4, -0.2) is 37.5 Å². The van der Waals surface area contributed by atoms with Crippen LogP contribution in [0.3, 0.4) is 0 Å². The first-order valence-electron chi connectivity index (χ1n) is 5.31. The highest BCUT2D eigenvalue weighted by Crippen LogP contribution is 2.36. The monoisotopic (exact) mass is 280 g/mol. The molecule has 2 aliphatic heterocycles. The van der Waals surface area contributed by atoms with Gasteiger partial charge in [-0.05, 0) is 12.0 Å². The number of nitrogens with zero attached hydrogens (tertiary/aromatic N) is 1. The Labute approximate surface area is 108 Å². The lowest BCUT2D eigenvalue weighted by Gasteiger charge is -2.18. The van der Waals surface area contributed by atoms with Crippen molar-refractivity contribution in [3.05, 3.63) is 11.8 Å². The van der Waals surface area contributed by atoms with Crippen molar-refractivity contribution in [1.82, 2.24) is 9.62 Å². The van der Waals surface area contributed by atoms with Crippen LogP contribution in [0.25, 0.3) is 0 Å². The van der Waals surface area contributed by atoms with E-state index in [1.165, 1.54) is 0 Å². The Morgan fingerprint density at radius 3 is 2.53 bits per heavy atom. The van der Waals surface area contributed by atoms with Gasteiger partial charge in [0.25, 0.3) is 0 Å². The molecule has 1 N–H and O–H groups in total. The molecular weight excluding hydrogens is 264 g/mol. The molecule has 0 radical (unpaired) electrons. The molecule has 2 rings (SSSR count). The maximum absolute atomic E-state index is 12.1. The highest BCUT2D eigenvalue weighted by atomic mass is 35.5. The average molecular weight is 281 g/mol. The topological polar surface area (TPSA) is 66.5 Å². The van der Waals surface area contributed by atoms with Crippen LogP contribution in [0.2, 0.25) is 0 Å². The van der Waals surface area contributed by atoms with Gasteiger partial charge in [-0.1, -0.05) is 13.8 Å². The Balaban J connectivity index is 0.00000144. The lowest BCUT2D eigenvalue weighted by Crippen LogP contribution is -2.36. The van der Waals surface area contributed by atoms with Gasteiger partial charge >= 0.3 is 0 Å². The summed E-state index contributed by atoms with van der Waals surface area (Å²) in [5.74, 6) is -0.456. The SMILES string of the molecule is CC(C)C1C(=O)N(S(C)(=O)=O)C2=CCNC21.Cl. The fraction of sp³-hybridized carbons (Fsp3) is 0.700. The van der Waals surface area contributed by atoms with E-state index in [9.17, 15) is 13.2 Å². The predicted molar refractivity (Wildman–Crippen MR) is 67.1 cm³/mol. The van der Waals surface area contributed by atoms with Crippen molar-refractivity contribution in [3.63, 3.8) is 0 Å². The molecule has 1 fully saturated rings. The van der Waals surface area contributed by atoms with Gasteiger partial charge in [-0.3, -0.25) is 4.79 Å². The van der Waals surface area contributed by atoms with Crippen LogP contribution in [0.1, 0.15) is 13.8 Å². The van der Waals surface area contributed by atoms with E-state index >= 15 is 0 Å². The summed E-state index contributed by atoms with van der Waals surface area (Å²) in [5, 5.41) is 3.16. The van der Waals surface area contributed by atoms with Crippen LogP contribution in [0, 0.1) is 11.8 Å². The minimum atomic E-state index is -3.50. The van der Waals surface area contributed by atoms with Gasteiger partial charge in [0.2, 0.25) is 15.9 Å². The van der Waals surface area contributed by atoms with Crippen LogP contribution in [0.15, 0.2) is 11.8 Å². The molecular formula is C10H17ClN2O3S. The highest BCUT2D eigenvalue weighted by molar-refractivity contribution is 7.89. The van der Waals surface area contributed by atoms with Crippen molar-refractivity contribution in [2.24, 2.45) is 11.8 Å². The average Bonchev–Trinajstić information content (AvgIpc) is 2.58. The van der Waals surface area contributed by atoms with Crippen LogP contribution in [0.4, 0.5) is 0 Å². The van der Waals surface area contributed by atoms with Gasteiger partial charge in [0, 0.05) is 6.54 Å². The van der Waals surface area contributed by atoms with Gasteiger partial charge in [0.05, 0.1) is 23.9 Å².